The summed E-state index contributed by atoms with van der Waals surface area (Å²) in [5, 5.41) is 12.4. The van der Waals surface area contributed by atoms with Crippen LogP contribution in [0.25, 0.3) is 6.08 Å². The molecule has 2 heterocycles. The molecule has 3 rings (SSSR count). The monoisotopic (exact) mass is 398 g/mol. The van der Waals surface area contributed by atoms with Crippen molar-refractivity contribution >= 4 is 58.3 Å². The van der Waals surface area contributed by atoms with E-state index in [2.05, 4.69) is 5.32 Å². The Morgan fingerprint density at radius 1 is 1.36 bits per heavy atom. The Bertz CT molecular complexity index is 755. The highest BCUT2D eigenvalue weighted by atomic mass is 35.5. The van der Waals surface area contributed by atoms with Crippen molar-refractivity contribution in [2.75, 3.05) is 18.1 Å². The number of halogens is 1. The lowest BCUT2D eigenvalue weighted by atomic mass is 10.2. The Morgan fingerprint density at radius 2 is 2.12 bits per heavy atom. The van der Waals surface area contributed by atoms with Gasteiger partial charge in [0.15, 0.2) is 0 Å². The molecule has 0 radical (unpaired) electrons. The van der Waals surface area contributed by atoms with Crippen LogP contribution in [0.3, 0.4) is 0 Å². The number of rotatable bonds is 4. The molecule has 1 aromatic rings. The zero-order chi connectivity index (χ0) is 18.0. The van der Waals surface area contributed by atoms with E-state index in [-0.39, 0.29) is 17.5 Å². The molecule has 2 fully saturated rings. The molecule has 0 saturated carbocycles. The standard InChI is InChI=1S/C16H15ClN2O4S2/c17-10-4-2-1-3-9(10)5-13-15(22)19(16(23)25-13)6-14(21)18-11-7-24-8-12(11)20/h1-5,11-12,20H,6-8H2,(H,18,21)/b13-5-/t11-,12+/m0/s1. The number of benzene rings is 1. The van der Waals surface area contributed by atoms with E-state index >= 15 is 0 Å². The summed E-state index contributed by atoms with van der Waals surface area (Å²) in [4.78, 5) is 37.7. The third-order valence-corrected chi connectivity index (χ3v) is 6.19. The number of hydrogen-bond acceptors (Lipinski definition) is 6. The van der Waals surface area contributed by atoms with Gasteiger partial charge in [-0.2, -0.15) is 11.8 Å². The maximum absolute atomic E-state index is 12.4. The first-order chi connectivity index (χ1) is 12.0. The first-order valence-corrected chi connectivity index (χ1v) is 9.85. The van der Waals surface area contributed by atoms with Crippen LogP contribution < -0.4 is 5.32 Å². The van der Waals surface area contributed by atoms with Gasteiger partial charge in [0.1, 0.15) is 6.54 Å². The van der Waals surface area contributed by atoms with Crippen LogP contribution in [0.1, 0.15) is 5.56 Å². The van der Waals surface area contributed by atoms with Gasteiger partial charge in [-0.25, -0.2) is 0 Å². The highest BCUT2D eigenvalue weighted by Crippen LogP contribution is 2.33. The molecule has 6 nitrogen and oxygen atoms in total. The molecule has 0 unspecified atom stereocenters. The van der Waals surface area contributed by atoms with Crippen molar-refractivity contribution in [2.45, 2.75) is 12.1 Å². The number of nitrogens with zero attached hydrogens (tertiary/aromatic N) is 1. The number of nitrogens with one attached hydrogen (secondary N) is 1. The molecule has 0 spiro atoms. The van der Waals surface area contributed by atoms with E-state index in [1.165, 1.54) is 0 Å². The molecular formula is C16H15ClN2O4S2. The Hall–Kier alpha value is -1.48. The zero-order valence-electron chi connectivity index (χ0n) is 13.0. The Balaban J connectivity index is 1.67. The van der Waals surface area contributed by atoms with Crippen LogP contribution in [-0.4, -0.2) is 57.3 Å². The average Bonchev–Trinajstić information content (AvgIpc) is 3.08. The van der Waals surface area contributed by atoms with Gasteiger partial charge in [-0.3, -0.25) is 19.3 Å². The molecule has 9 heteroatoms. The van der Waals surface area contributed by atoms with E-state index in [4.69, 9.17) is 11.6 Å². The SMILES string of the molecule is O=C(CN1C(=O)S/C(=C\c2ccccc2Cl)C1=O)N[C@H]1CSC[C@H]1O. The van der Waals surface area contributed by atoms with Gasteiger partial charge in [0.25, 0.3) is 11.1 Å². The molecule has 2 aliphatic rings. The van der Waals surface area contributed by atoms with Crippen LogP contribution in [0.2, 0.25) is 5.02 Å². The minimum Gasteiger partial charge on any atom is -0.390 e. The molecule has 0 aromatic heterocycles. The summed E-state index contributed by atoms with van der Waals surface area (Å²) in [7, 11) is 0. The summed E-state index contributed by atoms with van der Waals surface area (Å²) >= 11 is 8.38. The minimum absolute atomic E-state index is 0.224. The van der Waals surface area contributed by atoms with Gasteiger partial charge in [-0.1, -0.05) is 29.8 Å². The van der Waals surface area contributed by atoms with E-state index < -0.39 is 23.2 Å². The maximum Gasteiger partial charge on any atom is 0.294 e. The van der Waals surface area contributed by atoms with E-state index in [9.17, 15) is 19.5 Å². The Kier molecular flexibility index (Phi) is 5.73. The fourth-order valence-electron chi connectivity index (χ4n) is 2.45. The number of aliphatic hydroxyl groups excluding tert-OH is 1. The molecule has 3 amide bonds. The Morgan fingerprint density at radius 3 is 2.80 bits per heavy atom. The number of carbonyl (C=O) groups is 3. The number of carbonyl (C=O) groups excluding carboxylic acids is 3. The predicted molar refractivity (Wildman–Crippen MR) is 99.4 cm³/mol. The smallest absolute Gasteiger partial charge is 0.294 e. The maximum atomic E-state index is 12.4. The van der Waals surface area contributed by atoms with Crippen molar-refractivity contribution in [3.05, 3.63) is 39.8 Å². The summed E-state index contributed by atoms with van der Waals surface area (Å²) < 4.78 is 0. The van der Waals surface area contributed by atoms with E-state index in [0.29, 0.717) is 22.1 Å². The number of hydrogen-bond donors (Lipinski definition) is 2. The lowest BCUT2D eigenvalue weighted by molar-refractivity contribution is -0.129. The lowest BCUT2D eigenvalue weighted by Gasteiger charge is -2.18. The fraction of sp³-hybridized carbons (Fsp3) is 0.312. The van der Waals surface area contributed by atoms with Gasteiger partial charge >= 0.3 is 0 Å². The van der Waals surface area contributed by atoms with Crippen molar-refractivity contribution in [1.29, 1.82) is 0 Å². The highest BCUT2D eigenvalue weighted by Gasteiger charge is 2.37. The van der Waals surface area contributed by atoms with Crippen molar-refractivity contribution in [3.63, 3.8) is 0 Å². The molecule has 2 atom stereocenters. The average molecular weight is 399 g/mol. The van der Waals surface area contributed by atoms with Gasteiger partial charge in [0.2, 0.25) is 5.91 Å². The predicted octanol–water partition coefficient (Wildman–Crippen LogP) is 1.97. The highest BCUT2D eigenvalue weighted by molar-refractivity contribution is 8.18. The normalized spacial score (nSPS) is 25.0. The summed E-state index contributed by atoms with van der Waals surface area (Å²) in [5.41, 5.74) is 0.630. The summed E-state index contributed by atoms with van der Waals surface area (Å²) in [6, 6.07) is 6.63. The Labute approximate surface area is 158 Å². The number of thioether (sulfide) groups is 2. The first kappa shape index (κ1) is 18.3. The second-order valence-corrected chi connectivity index (χ2v) is 8.04. The third kappa shape index (κ3) is 4.20. The summed E-state index contributed by atoms with van der Waals surface area (Å²) in [5.74, 6) is 0.188. The third-order valence-electron chi connectivity index (χ3n) is 3.76. The molecular weight excluding hydrogens is 384 g/mol. The minimum atomic E-state index is -0.607. The van der Waals surface area contributed by atoms with Crippen LogP contribution >= 0.6 is 35.1 Å². The van der Waals surface area contributed by atoms with Gasteiger partial charge in [0, 0.05) is 16.5 Å². The van der Waals surface area contributed by atoms with Crippen LogP contribution in [-0.2, 0) is 9.59 Å². The molecule has 0 aliphatic carbocycles. The van der Waals surface area contributed by atoms with Crippen molar-refractivity contribution in [3.8, 4) is 0 Å². The van der Waals surface area contributed by atoms with E-state index in [0.717, 1.165) is 16.7 Å². The van der Waals surface area contributed by atoms with E-state index in [1.54, 1.807) is 42.1 Å². The summed E-state index contributed by atoms with van der Waals surface area (Å²) in [6.45, 7) is -0.363. The van der Waals surface area contributed by atoms with Gasteiger partial charge < -0.3 is 10.4 Å². The van der Waals surface area contributed by atoms with Crippen LogP contribution in [0.5, 0.6) is 0 Å². The van der Waals surface area contributed by atoms with Crippen molar-refractivity contribution < 1.29 is 19.5 Å². The number of amides is 3. The van der Waals surface area contributed by atoms with Gasteiger partial charge in [-0.05, 0) is 29.5 Å². The topological polar surface area (TPSA) is 86.7 Å². The van der Waals surface area contributed by atoms with Crippen molar-refractivity contribution in [2.24, 2.45) is 0 Å². The zero-order valence-corrected chi connectivity index (χ0v) is 15.4. The number of aliphatic hydroxyl groups is 1. The molecule has 2 saturated heterocycles. The summed E-state index contributed by atoms with van der Waals surface area (Å²) in [6.07, 6.45) is 0.937. The fourth-order valence-corrected chi connectivity index (χ4v) is 4.64. The van der Waals surface area contributed by atoms with Crippen LogP contribution in [0.15, 0.2) is 29.2 Å². The van der Waals surface area contributed by atoms with Gasteiger partial charge in [-0.15, -0.1) is 0 Å². The quantitative estimate of drug-likeness (QED) is 0.754. The second-order valence-electron chi connectivity index (χ2n) is 5.57. The lowest BCUT2D eigenvalue weighted by Crippen LogP contribution is -2.47. The van der Waals surface area contributed by atoms with Crippen LogP contribution in [0.4, 0.5) is 4.79 Å². The molecule has 25 heavy (non-hydrogen) atoms. The van der Waals surface area contributed by atoms with Crippen molar-refractivity contribution in [1.82, 2.24) is 10.2 Å². The molecule has 2 aliphatic heterocycles. The number of imide groups is 1. The molecule has 0 bridgehead atoms. The first-order valence-electron chi connectivity index (χ1n) is 7.51. The molecule has 2 N–H and O–H groups in total. The molecule has 1 aromatic carbocycles. The van der Waals surface area contributed by atoms with Crippen LogP contribution in [0, 0.1) is 0 Å². The largest absolute Gasteiger partial charge is 0.390 e. The second kappa shape index (κ2) is 7.82. The van der Waals surface area contributed by atoms with E-state index in [1.807, 2.05) is 0 Å². The molecule has 132 valence electrons. The van der Waals surface area contributed by atoms with Gasteiger partial charge in [0.05, 0.1) is 17.1 Å².